The van der Waals surface area contributed by atoms with Crippen molar-refractivity contribution in [1.82, 2.24) is 0 Å². The van der Waals surface area contributed by atoms with Crippen molar-refractivity contribution in [3.8, 4) is 0 Å². The Bertz CT molecular complexity index is 473. The van der Waals surface area contributed by atoms with Crippen LogP contribution >= 0.6 is 11.3 Å². The predicted octanol–water partition coefficient (Wildman–Crippen LogP) is 3.35. The van der Waals surface area contributed by atoms with Gasteiger partial charge in [0, 0.05) is 29.5 Å². The molecular formula is C13H15NOS. The lowest BCUT2D eigenvalue weighted by atomic mass is 10.1. The number of rotatable bonds is 3. The van der Waals surface area contributed by atoms with Gasteiger partial charge in [0.15, 0.2) is 0 Å². The first-order chi connectivity index (χ1) is 7.92. The van der Waals surface area contributed by atoms with E-state index in [1.165, 1.54) is 22.2 Å². The van der Waals surface area contributed by atoms with Crippen molar-refractivity contribution in [2.75, 3.05) is 25.1 Å². The second-order valence-electron chi connectivity index (χ2n) is 4.28. The molecule has 16 heavy (non-hydrogen) atoms. The molecule has 1 fully saturated rings. The number of thiophene rings is 1. The van der Waals surface area contributed by atoms with Crippen LogP contribution in [0.4, 0.5) is 5.69 Å². The minimum absolute atomic E-state index is 0.679. The molecule has 84 valence electrons. The van der Waals surface area contributed by atoms with E-state index >= 15 is 0 Å². The first-order valence-electron chi connectivity index (χ1n) is 5.71. The van der Waals surface area contributed by atoms with Crippen LogP contribution in [0.2, 0.25) is 0 Å². The number of anilines is 1. The molecule has 2 aromatic rings. The maximum atomic E-state index is 5.37. The zero-order chi connectivity index (χ0) is 10.8. The Morgan fingerprint density at radius 3 is 3.25 bits per heavy atom. The molecule has 0 spiro atoms. The lowest BCUT2D eigenvalue weighted by Gasteiger charge is -2.10. The number of nitrogens with one attached hydrogen (secondary N) is 1. The third kappa shape index (κ3) is 2.06. The summed E-state index contributed by atoms with van der Waals surface area (Å²) in [5.41, 5.74) is 1.22. The van der Waals surface area contributed by atoms with Gasteiger partial charge in [-0.1, -0.05) is 0 Å². The summed E-state index contributed by atoms with van der Waals surface area (Å²) in [7, 11) is 0. The summed E-state index contributed by atoms with van der Waals surface area (Å²) < 4.78 is 6.72. The van der Waals surface area contributed by atoms with E-state index in [9.17, 15) is 0 Å². The number of benzene rings is 1. The molecule has 0 aliphatic carbocycles. The molecular weight excluding hydrogens is 218 g/mol. The topological polar surface area (TPSA) is 21.3 Å². The van der Waals surface area contributed by atoms with Crippen molar-refractivity contribution in [2.24, 2.45) is 5.92 Å². The maximum absolute atomic E-state index is 5.37. The van der Waals surface area contributed by atoms with Gasteiger partial charge in [-0.25, -0.2) is 0 Å². The molecule has 3 rings (SSSR count). The molecule has 0 saturated carbocycles. The largest absolute Gasteiger partial charge is 0.385 e. The van der Waals surface area contributed by atoms with Crippen molar-refractivity contribution in [3.05, 3.63) is 29.6 Å². The van der Waals surface area contributed by atoms with Gasteiger partial charge in [-0.15, -0.1) is 11.3 Å². The Hall–Kier alpha value is -1.06. The third-order valence-electron chi connectivity index (χ3n) is 3.07. The summed E-state index contributed by atoms with van der Waals surface area (Å²) in [6.45, 7) is 2.86. The minimum atomic E-state index is 0.679. The molecule has 1 aromatic heterocycles. The average Bonchev–Trinajstić information content (AvgIpc) is 2.97. The highest BCUT2D eigenvalue weighted by molar-refractivity contribution is 7.17. The second-order valence-corrected chi connectivity index (χ2v) is 5.23. The second kappa shape index (κ2) is 4.44. The SMILES string of the molecule is c1cc2cc(NCC3CCOC3)ccc2s1. The number of fused-ring (bicyclic) bond motifs is 1. The highest BCUT2D eigenvalue weighted by Crippen LogP contribution is 2.24. The summed E-state index contributed by atoms with van der Waals surface area (Å²) in [6.07, 6.45) is 1.19. The highest BCUT2D eigenvalue weighted by atomic mass is 32.1. The van der Waals surface area contributed by atoms with E-state index in [4.69, 9.17) is 4.74 Å². The highest BCUT2D eigenvalue weighted by Gasteiger charge is 2.14. The van der Waals surface area contributed by atoms with E-state index in [1.54, 1.807) is 11.3 Å². The fourth-order valence-corrected chi connectivity index (χ4v) is 2.85. The van der Waals surface area contributed by atoms with E-state index in [1.807, 2.05) is 0 Å². The molecule has 1 unspecified atom stereocenters. The summed E-state index contributed by atoms with van der Waals surface area (Å²) >= 11 is 1.79. The van der Waals surface area contributed by atoms with Gasteiger partial charge in [-0.05, 0) is 41.5 Å². The van der Waals surface area contributed by atoms with Crippen LogP contribution in [0.15, 0.2) is 29.6 Å². The van der Waals surface area contributed by atoms with E-state index < -0.39 is 0 Å². The van der Waals surface area contributed by atoms with Gasteiger partial charge in [0.25, 0.3) is 0 Å². The Morgan fingerprint density at radius 2 is 2.38 bits per heavy atom. The van der Waals surface area contributed by atoms with Crippen LogP contribution < -0.4 is 5.32 Å². The molecule has 1 aromatic carbocycles. The van der Waals surface area contributed by atoms with Gasteiger partial charge in [-0.3, -0.25) is 0 Å². The number of hydrogen-bond acceptors (Lipinski definition) is 3. The van der Waals surface area contributed by atoms with Gasteiger partial charge < -0.3 is 10.1 Å². The summed E-state index contributed by atoms with van der Waals surface area (Å²) in [6, 6.07) is 8.74. The van der Waals surface area contributed by atoms with Crippen LogP contribution in [0.25, 0.3) is 10.1 Å². The van der Waals surface area contributed by atoms with Crippen molar-refractivity contribution in [3.63, 3.8) is 0 Å². The molecule has 1 atom stereocenters. The van der Waals surface area contributed by atoms with Crippen molar-refractivity contribution < 1.29 is 4.74 Å². The lowest BCUT2D eigenvalue weighted by molar-refractivity contribution is 0.187. The van der Waals surface area contributed by atoms with Gasteiger partial charge in [-0.2, -0.15) is 0 Å². The zero-order valence-electron chi connectivity index (χ0n) is 9.11. The van der Waals surface area contributed by atoms with Crippen LogP contribution in [-0.4, -0.2) is 19.8 Å². The predicted molar refractivity (Wildman–Crippen MR) is 69.2 cm³/mol. The molecule has 1 N–H and O–H groups in total. The number of ether oxygens (including phenoxy) is 1. The molecule has 0 amide bonds. The third-order valence-corrected chi connectivity index (χ3v) is 3.97. The quantitative estimate of drug-likeness (QED) is 0.877. The van der Waals surface area contributed by atoms with Crippen LogP contribution in [0, 0.1) is 5.92 Å². The van der Waals surface area contributed by atoms with Gasteiger partial charge in [0.1, 0.15) is 0 Å². The Labute approximate surface area is 99.2 Å². The monoisotopic (exact) mass is 233 g/mol. The summed E-state index contributed by atoms with van der Waals surface area (Å²) in [4.78, 5) is 0. The van der Waals surface area contributed by atoms with Crippen LogP contribution in [0.1, 0.15) is 6.42 Å². The van der Waals surface area contributed by atoms with Crippen LogP contribution in [-0.2, 0) is 4.74 Å². The Kier molecular flexibility index (Phi) is 2.80. The molecule has 0 radical (unpaired) electrons. The molecule has 1 aliphatic heterocycles. The molecule has 1 aliphatic rings. The fourth-order valence-electron chi connectivity index (χ4n) is 2.08. The summed E-state index contributed by atoms with van der Waals surface area (Å²) in [5.74, 6) is 0.679. The Morgan fingerprint density at radius 1 is 1.38 bits per heavy atom. The Balaban J connectivity index is 1.68. The normalized spacial score (nSPS) is 20.4. The van der Waals surface area contributed by atoms with Crippen molar-refractivity contribution >= 4 is 27.1 Å². The lowest BCUT2D eigenvalue weighted by Crippen LogP contribution is -2.13. The fraction of sp³-hybridized carbons (Fsp3) is 0.385. The maximum Gasteiger partial charge on any atom is 0.0511 e. The molecule has 0 bridgehead atoms. The first-order valence-corrected chi connectivity index (χ1v) is 6.59. The van der Waals surface area contributed by atoms with Gasteiger partial charge in [0.05, 0.1) is 6.61 Å². The van der Waals surface area contributed by atoms with Gasteiger partial charge >= 0.3 is 0 Å². The molecule has 2 heterocycles. The van der Waals surface area contributed by atoms with E-state index in [2.05, 4.69) is 35.0 Å². The summed E-state index contributed by atoms with van der Waals surface area (Å²) in [5, 5.41) is 6.96. The standard InChI is InChI=1S/C13H15NOS/c1-2-13-11(4-6-16-13)7-12(1)14-8-10-3-5-15-9-10/h1-2,4,6-7,10,14H,3,5,8-9H2. The van der Waals surface area contributed by atoms with Crippen molar-refractivity contribution in [1.29, 1.82) is 0 Å². The zero-order valence-corrected chi connectivity index (χ0v) is 9.93. The van der Waals surface area contributed by atoms with Crippen LogP contribution in [0.5, 0.6) is 0 Å². The van der Waals surface area contributed by atoms with Crippen molar-refractivity contribution in [2.45, 2.75) is 6.42 Å². The minimum Gasteiger partial charge on any atom is -0.385 e. The smallest absolute Gasteiger partial charge is 0.0511 e. The van der Waals surface area contributed by atoms with Crippen LogP contribution in [0.3, 0.4) is 0 Å². The molecule has 1 saturated heterocycles. The molecule has 2 nitrogen and oxygen atoms in total. The number of hydrogen-bond donors (Lipinski definition) is 1. The molecule has 3 heteroatoms. The van der Waals surface area contributed by atoms with Gasteiger partial charge in [0.2, 0.25) is 0 Å². The first kappa shape index (κ1) is 10.1. The van der Waals surface area contributed by atoms with E-state index in [-0.39, 0.29) is 0 Å². The van der Waals surface area contributed by atoms with E-state index in [0.717, 1.165) is 19.8 Å². The van der Waals surface area contributed by atoms with E-state index in [0.29, 0.717) is 5.92 Å². The average molecular weight is 233 g/mol.